The van der Waals surface area contributed by atoms with Crippen LogP contribution in [0.25, 0.3) is 0 Å². The monoisotopic (exact) mass is 268 g/mol. The minimum atomic E-state index is -0.159. The number of hydrogen-bond acceptors (Lipinski definition) is 3. The average molecular weight is 269 g/mol. The molecule has 5 heteroatoms. The summed E-state index contributed by atoms with van der Waals surface area (Å²) in [5.74, 6) is 0.0547. The van der Waals surface area contributed by atoms with Gasteiger partial charge in [-0.2, -0.15) is 0 Å². The Morgan fingerprint density at radius 1 is 1.50 bits per heavy atom. The quantitative estimate of drug-likeness (QED) is 0.897. The van der Waals surface area contributed by atoms with Crippen LogP contribution in [0.3, 0.4) is 0 Å². The molecule has 0 saturated carbocycles. The zero-order valence-electron chi connectivity index (χ0n) is 10.3. The number of aliphatic hydroxyl groups is 1. The summed E-state index contributed by atoms with van der Waals surface area (Å²) in [4.78, 5) is 15.9. The Morgan fingerprint density at radius 3 is 2.89 bits per heavy atom. The van der Waals surface area contributed by atoms with Crippen molar-refractivity contribution in [1.82, 2.24) is 4.90 Å². The second-order valence-corrected chi connectivity index (χ2v) is 4.86. The van der Waals surface area contributed by atoms with Crippen molar-refractivity contribution in [3.8, 4) is 0 Å². The van der Waals surface area contributed by atoms with Crippen LogP contribution in [0.1, 0.15) is 6.42 Å². The van der Waals surface area contributed by atoms with Crippen LogP contribution in [0.2, 0.25) is 5.02 Å². The Labute approximate surface area is 112 Å². The van der Waals surface area contributed by atoms with Crippen molar-refractivity contribution in [2.45, 2.75) is 12.5 Å². The van der Waals surface area contributed by atoms with Gasteiger partial charge in [0.05, 0.1) is 23.4 Å². The Kier molecular flexibility index (Phi) is 4.22. The number of nitrogens with zero attached hydrogens (tertiary/aromatic N) is 2. The highest BCUT2D eigenvalue weighted by Crippen LogP contribution is 2.30. The Bertz CT molecular complexity index is 439. The van der Waals surface area contributed by atoms with Gasteiger partial charge >= 0.3 is 0 Å². The SMILES string of the molecule is CN(CCO)C1CCN(c2ccccc2Cl)C1=O. The maximum absolute atomic E-state index is 12.3. The lowest BCUT2D eigenvalue weighted by atomic mass is 10.2. The number of benzene rings is 1. The van der Waals surface area contributed by atoms with Gasteiger partial charge in [-0.3, -0.25) is 9.69 Å². The smallest absolute Gasteiger partial charge is 0.244 e. The van der Waals surface area contributed by atoms with Crippen molar-refractivity contribution < 1.29 is 9.90 Å². The van der Waals surface area contributed by atoms with Gasteiger partial charge in [-0.05, 0) is 25.6 Å². The van der Waals surface area contributed by atoms with Crippen molar-refractivity contribution in [2.24, 2.45) is 0 Å². The van der Waals surface area contributed by atoms with E-state index >= 15 is 0 Å². The van der Waals surface area contributed by atoms with Crippen molar-refractivity contribution in [3.05, 3.63) is 29.3 Å². The number of anilines is 1. The van der Waals surface area contributed by atoms with E-state index in [4.69, 9.17) is 16.7 Å². The molecule has 1 unspecified atom stereocenters. The van der Waals surface area contributed by atoms with Crippen LogP contribution >= 0.6 is 11.6 Å². The van der Waals surface area contributed by atoms with Crippen LogP contribution in [0.5, 0.6) is 0 Å². The average Bonchev–Trinajstić information content (AvgIpc) is 2.72. The molecule has 1 aromatic carbocycles. The van der Waals surface area contributed by atoms with E-state index in [9.17, 15) is 4.79 Å². The number of para-hydroxylation sites is 1. The number of likely N-dealkylation sites (N-methyl/N-ethyl adjacent to an activating group) is 1. The fraction of sp³-hybridized carbons (Fsp3) is 0.462. The molecule has 18 heavy (non-hydrogen) atoms. The third-order valence-electron chi connectivity index (χ3n) is 3.31. The molecule has 2 rings (SSSR count). The van der Waals surface area contributed by atoms with Crippen molar-refractivity contribution in [2.75, 3.05) is 31.6 Å². The maximum Gasteiger partial charge on any atom is 0.244 e. The molecule has 0 aromatic heterocycles. The minimum Gasteiger partial charge on any atom is -0.395 e. The molecule has 1 fully saturated rings. The van der Waals surface area contributed by atoms with Crippen LogP contribution in [0.4, 0.5) is 5.69 Å². The molecule has 0 radical (unpaired) electrons. The molecule has 0 bridgehead atoms. The van der Waals surface area contributed by atoms with Crippen molar-refractivity contribution >= 4 is 23.2 Å². The maximum atomic E-state index is 12.3. The number of rotatable bonds is 4. The molecule has 1 aromatic rings. The number of aliphatic hydroxyl groups excluding tert-OH is 1. The predicted octanol–water partition coefficient (Wildman–Crippen LogP) is 1.37. The molecular weight excluding hydrogens is 252 g/mol. The molecule has 1 aliphatic heterocycles. The Morgan fingerprint density at radius 2 is 2.22 bits per heavy atom. The summed E-state index contributed by atoms with van der Waals surface area (Å²) in [6, 6.07) is 7.21. The van der Waals surface area contributed by atoms with Crippen LogP contribution < -0.4 is 4.90 Å². The number of amides is 1. The van der Waals surface area contributed by atoms with Gasteiger partial charge < -0.3 is 10.0 Å². The van der Waals surface area contributed by atoms with Gasteiger partial charge in [0.2, 0.25) is 5.91 Å². The van der Waals surface area contributed by atoms with Gasteiger partial charge in [-0.15, -0.1) is 0 Å². The molecule has 0 aliphatic carbocycles. The largest absolute Gasteiger partial charge is 0.395 e. The molecular formula is C13H17ClN2O2. The third kappa shape index (κ3) is 2.51. The molecule has 1 heterocycles. The number of carbonyl (C=O) groups is 1. The lowest BCUT2D eigenvalue weighted by Crippen LogP contribution is -2.41. The second kappa shape index (κ2) is 5.69. The number of hydrogen-bond donors (Lipinski definition) is 1. The van der Waals surface area contributed by atoms with Crippen molar-refractivity contribution in [1.29, 1.82) is 0 Å². The van der Waals surface area contributed by atoms with E-state index in [1.165, 1.54) is 0 Å². The van der Waals surface area contributed by atoms with E-state index in [1.54, 1.807) is 11.0 Å². The first-order valence-corrected chi connectivity index (χ1v) is 6.40. The van der Waals surface area contributed by atoms with Gasteiger partial charge in [0.25, 0.3) is 0 Å². The number of halogens is 1. The van der Waals surface area contributed by atoms with E-state index < -0.39 is 0 Å². The lowest BCUT2D eigenvalue weighted by molar-refractivity contribution is -0.121. The molecule has 98 valence electrons. The second-order valence-electron chi connectivity index (χ2n) is 4.45. The van der Waals surface area contributed by atoms with E-state index in [0.29, 0.717) is 18.1 Å². The van der Waals surface area contributed by atoms with Crippen molar-refractivity contribution in [3.63, 3.8) is 0 Å². The summed E-state index contributed by atoms with van der Waals surface area (Å²) >= 11 is 6.11. The van der Waals surface area contributed by atoms with Gasteiger partial charge in [-0.25, -0.2) is 0 Å². The molecule has 4 nitrogen and oxygen atoms in total. The van der Waals surface area contributed by atoms with Crippen LogP contribution in [0, 0.1) is 0 Å². The summed E-state index contributed by atoms with van der Waals surface area (Å²) < 4.78 is 0. The summed E-state index contributed by atoms with van der Waals surface area (Å²) in [6.07, 6.45) is 0.764. The van der Waals surface area contributed by atoms with Gasteiger partial charge in [-0.1, -0.05) is 23.7 Å². The van der Waals surface area contributed by atoms with E-state index in [0.717, 1.165) is 12.1 Å². The molecule has 0 spiro atoms. The van der Waals surface area contributed by atoms with Gasteiger partial charge in [0, 0.05) is 13.1 Å². The molecule has 1 atom stereocenters. The molecule has 1 aliphatic rings. The standard InChI is InChI=1S/C13H17ClN2O2/c1-15(8-9-17)12-6-7-16(13(12)18)11-5-3-2-4-10(11)14/h2-5,12,17H,6-9H2,1H3. The Balaban J connectivity index is 2.15. The highest BCUT2D eigenvalue weighted by molar-refractivity contribution is 6.33. The first-order chi connectivity index (χ1) is 8.65. The minimum absolute atomic E-state index is 0.0547. The summed E-state index contributed by atoms with van der Waals surface area (Å²) in [7, 11) is 1.86. The first kappa shape index (κ1) is 13.3. The van der Waals surface area contributed by atoms with Crippen LogP contribution in [-0.4, -0.2) is 48.7 Å². The molecule has 1 N–H and O–H groups in total. The van der Waals surface area contributed by atoms with Crippen LogP contribution in [-0.2, 0) is 4.79 Å². The third-order valence-corrected chi connectivity index (χ3v) is 3.62. The lowest BCUT2D eigenvalue weighted by Gasteiger charge is -2.23. The topological polar surface area (TPSA) is 43.8 Å². The van der Waals surface area contributed by atoms with Gasteiger partial charge in [0.15, 0.2) is 0 Å². The molecule has 1 amide bonds. The normalized spacial score (nSPS) is 19.9. The highest BCUT2D eigenvalue weighted by Gasteiger charge is 2.35. The Hall–Kier alpha value is -1.10. The summed E-state index contributed by atoms with van der Waals surface area (Å²) in [6.45, 7) is 1.24. The predicted molar refractivity (Wildman–Crippen MR) is 71.9 cm³/mol. The number of carbonyl (C=O) groups excluding carboxylic acids is 1. The van der Waals surface area contributed by atoms with E-state index in [1.807, 2.05) is 30.1 Å². The summed E-state index contributed by atoms with van der Waals surface area (Å²) in [5.41, 5.74) is 0.768. The van der Waals surface area contributed by atoms with E-state index in [2.05, 4.69) is 0 Å². The van der Waals surface area contributed by atoms with Gasteiger partial charge in [0.1, 0.15) is 0 Å². The summed E-state index contributed by atoms with van der Waals surface area (Å²) in [5, 5.41) is 9.52. The first-order valence-electron chi connectivity index (χ1n) is 6.02. The highest BCUT2D eigenvalue weighted by atomic mass is 35.5. The fourth-order valence-electron chi connectivity index (χ4n) is 2.30. The zero-order valence-corrected chi connectivity index (χ0v) is 11.1. The zero-order chi connectivity index (χ0) is 13.1. The molecule has 1 saturated heterocycles. The van der Waals surface area contributed by atoms with E-state index in [-0.39, 0.29) is 18.6 Å². The fourth-order valence-corrected chi connectivity index (χ4v) is 2.53. The van der Waals surface area contributed by atoms with Crippen LogP contribution in [0.15, 0.2) is 24.3 Å².